The molecular formula is C9H21NOS. The van der Waals surface area contributed by atoms with Crippen LogP contribution in [0.5, 0.6) is 0 Å². The van der Waals surface area contributed by atoms with Crippen LogP contribution < -0.4 is 5.32 Å². The number of methoxy groups -OCH3 is 1. The second-order valence-electron chi connectivity index (χ2n) is 2.82. The molecule has 0 amide bonds. The number of hydrogen-bond acceptors (Lipinski definition) is 3. The minimum Gasteiger partial charge on any atom is -0.385 e. The van der Waals surface area contributed by atoms with Gasteiger partial charge in [0.2, 0.25) is 0 Å². The summed E-state index contributed by atoms with van der Waals surface area (Å²) in [5.41, 5.74) is 0. The number of rotatable bonds is 8. The third-order valence-corrected chi connectivity index (χ3v) is 2.65. The Bertz CT molecular complexity index is 90.6. The van der Waals surface area contributed by atoms with Crippen LogP contribution in [0.15, 0.2) is 0 Å². The van der Waals surface area contributed by atoms with Gasteiger partial charge in [-0.1, -0.05) is 13.8 Å². The highest BCUT2D eigenvalue weighted by Gasteiger charge is 1.98. The molecule has 1 N–H and O–H groups in total. The van der Waals surface area contributed by atoms with E-state index in [0.717, 1.165) is 31.4 Å². The monoisotopic (exact) mass is 191 g/mol. The third kappa shape index (κ3) is 8.37. The number of nitrogens with one attached hydrogen (secondary N) is 1. The van der Waals surface area contributed by atoms with E-state index in [9.17, 15) is 0 Å². The molecule has 1 atom stereocenters. The first kappa shape index (κ1) is 12.3. The van der Waals surface area contributed by atoms with Gasteiger partial charge in [0.1, 0.15) is 0 Å². The maximum atomic E-state index is 4.95. The van der Waals surface area contributed by atoms with Crippen molar-refractivity contribution in [1.29, 1.82) is 0 Å². The molecule has 0 aromatic rings. The lowest BCUT2D eigenvalue weighted by Gasteiger charge is -2.10. The van der Waals surface area contributed by atoms with E-state index in [4.69, 9.17) is 4.74 Å². The van der Waals surface area contributed by atoms with Crippen LogP contribution in [-0.2, 0) is 4.74 Å². The predicted octanol–water partition coefficient (Wildman–Crippen LogP) is 1.75. The molecule has 2 nitrogen and oxygen atoms in total. The maximum absolute atomic E-state index is 4.95. The summed E-state index contributed by atoms with van der Waals surface area (Å²) in [6.07, 6.45) is 1.11. The summed E-state index contributed by atoms with van der Waals surface area (Å²) >= 11 is 2.00. The summed E-state index contributed by atoms with van der Waals surface area (Å²) in [7, 11) is 1.75. The molecule has 12 heavy (non-hydrogen) atoms. The molecule has 0 aliphatic rings. The zero-order chi connectivity index (χ0) is 9.23. The fourth-order valence-corrected chi connectivity index (χ4v) is 1.80. The molecule has 0 saturated carbocycles. The van der Waals surface area contributed by atoms with E-state index in [1.165, 1.54) is 5.75 Å². The minimum absolute atomic E-state index is 0.734. The predicted molar refractivity (Wildman–Crippen MR) is 57.0 cm³/mol. The molecule has 0 aromatic heterocycles. The van der Waals surface area contributed by atoms with Gasteiger partial charge in [0.05, 0.1) is 0 Å². The van der Waals surface area contributed by atoms with E-state index in [-0.39, 0.29) is 0 Å². The second kappa shape index (κ2) is 9.36. The molecule has 1 unspecified atom stereocenters. The van der Waals surface area contributed by atoms with Gasteiger partial charge in [-0.3, -0.25) is 0 Å². The number of ether oxygens (including phenoxy) is 1. The summed E-state index contributed by atoms with van der Waals surface area (Å²) in [5.74, 6) is 1.21. The van der Waals surface area contributed by atoms with Gasteiger partial charge < -0.3 is 10.1 Å². The Hall–Kier alpha value is 0.270. The Morgan fingerprint density at radius 2 is 2.25 bits per heavy atom. The van der Waals surface area contributed by atoms with Crippen LogP contribution in [0.4, 0.5) is 0 Å². The number of hydrogen-bond donors (Lipinski definition) is 1. The highest BCUT2D eigenvalue weighted by atomic mass is 32.2. The minimum atomic E-state index is 0.734. The lowest BCUT2D eigenvalue weighted by atomic mass is 10.4. The summed E-state index contributed by atoms with van der Waals surface area (Å²) in [4.78, 5) is 0. The van der Waals surface area contributed by atoms with Crippen molar-refractivity contribution in [3.8, 4) is 0 Å². The van der Waals surface area contributed by atoms with Crippen molar-refractivity contribution in [2.75, 3.05) is 32.6 Å². The molecule has 0 radical (unpaired) electrons. The van der Waals surface area contributed by atoms with Gasteiger partial charge in [0.25, 0.3) is 0 Å². The first-order valence-electron chi connectivity index (χ1n) is 4.62. The van der Waals surface area contributed by atoms with Crippen LogP contribution >= 0.6 is 11.8 Å². The van der Waals surface area contributed by atoms with Crippen molar-refractivity contribution >= 4 is 11.8 Å². The smallest absolute Gasteiger partial charge is 0.0474 e. The summed E-state index contributed by atoms with van der Waals surface area (Å²) in [6, 6.07) is 0. The van der Waals surface area contributed by atoms with E-state index in [1.807, 2.05) is 11.8 Å². The zero-order valence-corrected chi connectivity index (χ0v) is 9.25. The van der Waals surface area contributed by atoms with Crippen molar-refractivity contribution < 1.29 is 4.74 Å². The lowest BCUT2D eigenvalue weighted by Crippen LogP contribution is -2.24. The van der Waals surface area contributed by atoms with Crippen LogP contribution in [0.25, 0.3) is 0 Å². The Labute approximate surface area is 80.4 Å². The third-order valence-electron chi connectivity index (χ3n) is 1.58. The van der Waals surface area contributed by atoms with Gasteiger partial charge in [-0.15, -0.1) is 0 Å². The summed E-state index contributed by atoms with van der Waals surface area (Å²) in [6.45, 7) is 7.51. The maximum Gasteiger partial charge on any atom is 0.0474 e. The normalized spacial score (nSPS) is 13.2. The topological polar surface area (TPSA) is 21.3 Å². The Morgan fingerprint density at radius 3 is 2.83 bits per heavy atom. The zero-order valence-electron chi connectivity index (χ0n) is 8.43. The van der Waals surface area contributed by atoms with Gasteiger partial charge in [-0.25, -0.2) is 0 Å². The van der Waals surface area contributed by atoms with Crippen molar-refractivity contribution in [3.05, 3.63) is 0 Å². The average Bonchev–Trinajstić information content (AvgIpc) is 2.05. The van der Waals surface area contributed by atoms with Crippen LogP contribution in [0.2, 0.25) is 0 Å². The fourth-order valence-electron chi connectivity index (χ4n) is 0.990. The Morgan fingerprint density at radius 1 is 1.50 bits per heavy atom. The molecule has 0 rings (SSSR count). The summed E-state index contributed by atoms with van der Waals surface area (Å²) < 4.78 is 4.95. The van der Waals surface area contributed by atoms with Crippen molar-refractivity contribution in [3.63, 3.8) is 0 Å². The number of thioether (sulfide) groups is 1. The first-order valence-corrected chi connectivity index (χ1v) is 5.67. The van der Waals surface area contributed by atoms with Crippen LogP contribution in [0.3, 0.4) is 0 Å². The molecule has 0 heterocycles. The van der Waals surface area contributed by atoms with Gasteiger partial charge in [0.15, 0.2) is 0 Å². The molecule has 0 aromatic carbocycles. The van der Waals surface area contributed by atoms with E-state index in [2.05, 4.69) is 19.2 Å². The van der Waals surface area contributed by atoms with E-state index in [0.29, 0.717) is 0 Å². The molecule has 0 spiro atoms. The first-order chi connectivity index (χ1) is 5.81. The fraction of sp³-hybridized carbons (Fsp3) is 1.00. The van der Waals surface area contributed by atoms with Crippen LogP contribution in [0, 0.1) is 0 Å². The van der Waals surface area contributed by atoms with E-state index < -0.39 is 0 Å². The Kier molecular flexibility index (Phi) is 9.57. The van der Waals surface area contributed by atoms with Gasteiger partial charge >= 0.3 is 0 Å². The SMILES string of the molecule is CCSC(C)CNCCCOC. The van der Waals surface area contributed by atoms with Crippen molar-refractivity contribution in [2.24, 2.45) is 0 Å². The van der Waals surface area contributed by atoms with Crippen LogP contribution in [-0.4, -0.2) is 37.8 Å². The van der Waals surface area contributed by atoms with Gasteiger partial charge in [0, 0.05) is 25.5 Å². The standard InChI is InChI=1S/C9H21NOS/c1-4-12-9(2)8-10-6-5-7-11-3/h9-10H,4-8H2,1-3H3. The Balaban J connectivity index is 2.97. The highest BCUT2D eigenvalue weighted by Crippen LogP contribution is 2.07. The van der Waals surface area contributed by atoms with Crippen LogP contribution in [0.1, 0.15) is 20.3 Å². The molecule has 0 bridgehead atoms. The molecule has 3 heteroatoms. The highest BCUT2D eigenvalue weighted by molar-refractivity contribution is 7.99. The van der Waals surface area contributed by atoms with Gasteiger partial charge in [-0.2, -0.15) is 11.8 Å². The molecular weight excluding hydrogens is 170 g/mol. The van der Waals surface area contributed by atoms with E-state index >= 15 is 0 Å². The molecule has 74 valence electrons. The molecule has 0 aliphatic heterocycles. The quantitative estimate of drug-likeness (QED) is 0.591. The summed E-state index contributed by atoms with van der Waals surface area (Å²) in [5, 5.41) is 4.14. The van der Waals surface area contributed by atoms with E-state index in [1.54, 1.807) is 7.11 Å². The molecule has 0 fully saturated rings. The second-order valence-corrected chi connectivity index (χ2v) is 4.53. The lowest BCUT2D eigenvalue weighted by molar-refractivity contribution is 0.194. The molecule has 0 aliphatic carbocycles. The van der Waals surface area contributed by atoms with Crippen molar-refractivity contribution in [2.45, 2.75) is 25.5 Å². The average molecular weight is 191 g/mol. The largest absolute Gasteiger partial charge is 0.385 e. The van der Waals surface area contributed by atoms with Gasteiger partial charge in [-0.05, 0) is 18.7 Å². The van der Waals surface area contributed by atoms with Crippen molar-refractivity contribution in [1.82, 2.24) is 5.32 Å². The molecule has 0 saturated heterocycles.